The standard InChI is InChI=1S/C14H22FNO/c1-5-13(17-4)14(16-6-2)11-7-10(3)8-12(15)9-11/h7-9,13-14,16H,5-6H2,1-4H3. The van der Waals surface area contributed by atoms with E-state index in [4.69, 9.17) is 4.74 Å². The van der Waals surface area contributed by atoms with Gasteiger partial charge in [-0.05, 0) is 43.1 Å². The molecule has 0 aliphatic carbocycles. The number of hydrogen-bond donors (Lipinski definition) is 1. The van der Waals surface area contributed by atoms with E-state index in [9.17, 15) is 4.39 Å². The molecular weight excluding hydrogens is 217 g/mol. The predicted octanol–water partition coefficient (Wildman–Crippen LogP) is 3.21. The summed E-state index contributed by atoms with van der Waals surface area (Å²) in [4.78, 5) is 0. The van der Waals surface area contributed by atoms with E-state index in [1.54, 1.807) is 19.2 Å². The van der Waals surface area contributed by atoms with Gasteiger partial charge in [-0.1, -0.05) is 19.9 Å². The molecule has 2 unspecified atom stereocenters. The van der Waals surface area contributed by atoms with Gasteiger partial charge in [0.2, 0.25) is 0 Å². The average molecular weight is 239 g/mol. The van der Waals surface area contributed by atoms with Gasteiger partial charge in [0.05, 0.1) is 12.1 Å². The molecule has 0 bridgehead atoms. The second kappa shape index (κ2) is 6.72. The number of likely N-dealkylation sites (N-methyl/N-ethyl adjacent to an activating group) is 1. The van der Waals surface area contributed by atoms with Gasteiger partial charge in [0, 0.05) is 7.11 Å². The first-order valence-corrected chi connectivity index (χ1v) is 6.15. The molecule has 17 heavy (non-hydrogen) atoms. The molecule has 0 fully saturated rings. The summed E-state index contributed by atoms with van der Waals surface area (Å²) < 4.78 is 18.9. The Morgan fingerprint density at radius 1 is 1.29 bits per heavy atom. The highest BCUT2D eigenvalue weighted by Gasteiger charge is 2.21. The Balaban J connectivity index is 3.03. The van der Waals surface area contributed by atoms with Crippen LogP contribution in [0.2, 0.25) is 0 Å². The summed E-state index contributed by atoms with van der Waals surface area (Å²) in [6.45, 7) is 6.86. The predicted molar refractivity (Wildman–Crippen MR) is 68.6 cm³/mol. The van der Waals surface area contributed by atoms with Crippen molar-refractivity contribution in [2.24, 2.45) is 0 Å². The van der Waals surface area contributed by atoms with E-state index in [0.717, 1.165) is 24.1 Å². The van der Waals surface area contributed by atoms with E-state index in [-0.39, 0.29) is 18.0 Å². The van der Waals surface area contributed by atoms with Crippen LogP contribution in [0, 0.1) is 12.7 Å². The summed E-state index contributed by atoms with van der Waals surface area (Å²) in [7, 11) is 1.70. The zero-order valence-electron chi connectivity index (χ0n) is 11.1. The zero-order valence-corrected chi connectivity index (χ0v) is 11.1. The van der Waals surface area contributed by atoms with E-state index in [1.165, 1.54) is 0 Å². The van der Waals surface area contributed by atoms with Gasteiger partial charge in [0.15, 0.2) is 0 Å². The van der Waals surface area contributed by atoms with Crippen molar-refractivity contribution in [1.82, 2.24) is 5.32 Å². The summed E-state index contributed by atoms with van der Waals surface area (Å²) in [6, 6.07) is 5.18. The third kappa shape index (κ3) is 3.79. The molecule has 0 aliphatic heterocycles. The molecule has 0 radical (unpaired) electrons. The number of halogens is 1. The van der Waals surface area contributed by atoms with Crippen molar-refractivity contribution in [3.8, 4) is 0 Å². The van der Waals surface area contributed by atoms with Crippen molar-refractivity contribution in [3.63, 3.8) is 0 Å². The van der Waals surface area contributed by atoms with Crippen molar-refractivity contribution in [2.45, 2.75) is 39.3 Å². The molecule has 2 atom stereocenters. The summed E-state index contributed by atoms with van der Waals surface area (Å²) in [5, 5.41) is 3.36. The number of ether oxygens (including phenoxy) is 1. The molecule has 0 saturated carbocycles. The van der Waals surface area contributed by atoms with E-state index in [2.05, 4.69) is 12.2 Å². The fourth-order valence-electron chi connectivity index (χ4n) is 2.17. The van der Waals surface area contributed by atoms with E-state index in [0.29, 0.717) is 0 Å². The minimum atomic E-state index is -0.186. The molecule has 1 rings (SSSR count). The summed E-state index contributed by atoms with van der Waals surface area (Å²) >= 11 is 0. The smallest absolute Gasteiger partial charge is 0.123 e. The molecule has 0 amide bonds. The first kappa shape index (κ1) is 14.1. The van der Waals surface area contributed by atoms with Crippen molar-refractivity contribution < 1.29 is 9.13 Å². The maximum atomic E-state index is 13.4. The lowest BCUT2D eigenvalue weighted by Crippen LogP contribution is -2.33. The molecule has 0 spiro atoms. The monoisotopic (exact) mass is 239 g/mol. The van der Waals surface area contributed by atoms with E-state index in [1.807, 2.05) is 19.9 Å². The van der Waals surface area contributed by atoms with Crippen molar-refractivity contribution >= 4 is 0 Å². The minimum absolute atomic E-state index is 0.0457. The molecule has 0 aliphatic rings. The van der Waals surface area contributed by atoms with Crippen LogP contribution < -0.4 is 5.32 Å². The lowest BCUT2D eigenvalue weighted by atomic mass is 9.97. The molecule has 0 heterocycles. The SMILES string of the molecule is CCNC(c1cc(C)cc(F)c1)C(CC)OC. The molecule has 0 saturated heterocycles. The van der Waals surface area contributed by atoms with Crippen LogP contribution in [-0.2, 0) is 4.74 Å². The van der Waals surface area contributed by atoms with Gasteiger partial charge in [0.1, 0.15) is 5.82 Å². The third-order valence-electron chi connectivity index (χ3n) is 2.92. The maximum Gasteiger partial charge on any atom is 0.123 e. The Labute approximate surface area is 103 Å². The summed E-state index contributed by atoms with van der Waals surface area (Å²) in [5.41, 5.74) is 1.90. The maximum absolute atomic E-state index is 13.4. The topological polar surface area (TPSA) is 21.3 Å². The van der Waals surface area contributed by atoms with Crippen molar-refractivity contribution in [3.05, 3.63) is 35.1 Å². The third-order valence-corrected chi connectivity index (χ3v) is 2.92. The molecule has 0 aromatic heterocycles. The van der Waals surface area contributed by atoms with Crippen LogP contribution in [0.3, 0.4) is 0 Å². The van der Waals surface area contributed by atoms with Gasteiger partial charge >= 0.3 is 0 Å². The van der Waals surface area contributed by atoms with E-state index < -0.39 is 0 Å². The number of hydrogen-bond acceptors (Lipinski definition) is 2. The second-order valence-corrected chi connectivity index (χ2v) is 4.28. The lowest BCUT2D eigenvalue weighted by molar-refractivity contribution is 0.0655. The fraction of sp³-hybridized carbons (Fsp3) is 0.571. The number of methoxy groups -OCH3 is 1. The molecule has 3 heteroatoms. The number of rotatable bonds is 6. The highest BCUT2D eigenvalue weighted by molar-refractivity contribution is 5.27. The van der Waals surface area contributed by atoms with Crippen LogP contribution >= 0.6 is 0 Å². The molecule has 1 aromatic rings. The summed E-state index contributed by atoms with van der Waals surface area (Å²) in [6.07, 6.45) is 0.958. The van der Waals surface area contributed by atoms with Crippen molar-refractivity contribution in [1.29, 1.82) is 0 Å². The fourth-order valence-corrected chi connectivity index (χ4v) is 2.17. The lowest BCUT2D eigenvalue weighted by Gasteiger charge is -2.26. The second-order valence-electron chi connectivity index (χ2n) is 4.28. The van der Waals surface area contributed by atoms with Crippen LogP contribution in [-0.4, -0.2) is 19.8 Å². The molecule has 1 aromatic carbocycles. The normalized spacial score (nSPS) is 14.6. The highest BCUT2D eigenvalue weighted by atomic mass is 19.1. The largest absolute Gasteiger partial charge is 0.379 e. The van der Waals surface area contributed by atoms with Crippen LogP contribution in [0.25, 0.3) is 0 Å². The Morgan fingerprint density at radius 2 is 2.00 bits per heavy atom. The Bertz CT molecular complexity index is 330. The minimum Gasteiger partial charge on any atom is -0.379 e. The van der Waals surface area contributed by atoms with E-state index >= 15 is 0 Å². The van der Waals surface area contributed by atoms with Gasteiger partial charge < -0.3 is 10.1 Å². The molecular formula is C14H22FNO. The van der Waals surface area contributed by atoms with Gasteiger partial charge in [-0.2, -0.15) is 0 Å². The number of benzene rings is 1. The Morgan fingerprint density at radius 3 is 2.47 bits per heavy atom. The first-order valence-electron chi connectivity index (χ1n) is 6.15. The molecule has 96 valence electrons. The molecule has 1 N–H and O–H groups in total. The van der Waals surface area contributed by atoms with Crippen LogP contribution in [0.15, 0.2) is 18.2 Å². The zero-order chi connectivity index (χ0) is 12.8. The van der Waals surface area contributed by atoms with Crippen molar-refractivity contribution in [2.75, 3.05) is 13.7 Å². The Hall–Kier alpha value is -0.930. The molecule has 2 nitrogen and oxygen atoms in total. The summed E-state index contributed by atoms with van der Waals surface area (Å²) in [5.74, 6) is -0.186. The van der Waals surface area contributed by atoms with Gasteiger partial charge in [-0.25, -0.2) is 4.39 Å². The first-order chi connectivity index (χ1) is 8.12. The quantitative estimate of drug-likeness (QED) is 0.823. The number of nitrogens with one attached hydrogen (secondary N) is 1. The van der Waals surface area contributed by atoms with Crippen LogP contribution in [0.4, 0.5) is 4.39 Å². The van der Waals surface area contributed by atoms with Gasteiger partial charge in [-0.3, -0.25) is 0 Å². The van der Waals surface area contributed by atoms with Crippen LogP contribution in [0.5, 0.6) is 0 Å². The Kier molecular flexibility index (Phi) is 5.59. The van der Waals surface area contributed by atoms with Gasteiger partial charge in [0.25, 0.3) is 0 Å². The highest BCUT2D eigenvalue weighted by Crippen LogP contribution is 2.23. The average Bonchev–Trinajstić information content (AvgIpc) is 2.28. The van der Waals surface area contributed by atoms with Crippen LogP contribution in [0.1, 0.15) is 37.4 Å². The number of aryl methyl sites for hydroxylation is 1. The van der Waals surface area contributed by atoms with Gasteiger partial charge in [-0.15, -0.1) is 0 Å².